The molecule has 1 aliphatic rings. The Morgan fingerprint density at radius 3 is 2.19 bits per heavy atom. The van der Waals surface area contributed by atoms with Crippen LogP contribution in [0.1, 0.15) is 31.4 Å². The third kappa shape index (κ3) is 2.06. The minimum atomic E-state index is 0.0825. The molecule has 16 heavy (non-hydrogen) atoms. The molecule has 88 valence electrons. The van der Waals surface area contributed by atoms with E-state index < -0.39 is 0 Å². The molecule has 1 saturated carbocycles. The third-order valence-corrected chi connectivity index (χ3v) is 4.27. The standard InChI is InChI=1S/C14H19ClO/c1-9-5-10(2)7-11(6-9)16-13-8-12(15)14(13,3)4/h5-7,12-13H,8H2,1-4H3. The summed E-state index contributed by atoms with van der Waals surface area (Å²) in [7, 11) is 0. The number of ether oxygens (including phenoxy) is 1. The molecule has 1 nitrogen and oxygen atoms in total. The fourth-order valence-corrected chi connectivity index (χ4v) is 2.50. The van der Waals surface area contributed by atoms with E-state index in [0.29, 0.717) is 0 Å². The number of hydrogen-bond acceptors (Lipinski definition) is 1. The van der Waals surface area contributed by atoms with Gasteiger partial charge in [0.25, 0.3) is 0 Å². The highest BCUT2D eigenvalue weighted by molar-refractivity contribution is 6.21. The monoisotopic (exact) mass is 238 g/mol. The highest BCUT2D eigenvalue weighted by Gasteiger charge is 2.49. The van der Waals surface area contributed by atoms with E-state index >= 15 is 0 Å². The van der Waals surface area contributed by atoms with Crippen LogP contribution in [0.2, 0.25) is 0 Å². The van der Waals surface area contributed by atoms with E-state index in [-0.39, 0.29) is 16.9 Å². The van der Waals surface area contributed by atoms with Gasteiger partial charge in [-0.2, -0.15) is 0 Å². The Bertz CT molecular complexity index is 377. The average molecular weight is 239 g/mol. The number of alkyl halides is 1. The normalized spacial score (nSPS) is 27.3. The first-order valence-corrected chi connectivity index (χ1v) is 6.22. The summed E-state index contributed by atoms with van der Waals surface area (Å²) in [4.78, 5) is 0. The minimum Gasteiger partial charge on any atom is -0.490 e. The van der Waals surface area contributed by atoms with Gasteiger partial charge in [0.15, 0.2) is 0 Å². The van der Waals surface area contributed by atoms with Crippen molar-refractivity contribution < 1.29 is 4.74 Å². The molecule has 2 rings (SSSR count). The first-order valence-electron chi connectivity index (χ1n) is 5.78. The Labute approximate surface area is 103 Å². The van der Waals surface area contributed by atoms with E-state index in [0.717, 1.165) is 12.2 Å². The van der Waals surface area contributed by atoms with Crippen LogP contribution >= 0.6 is 11.6 Å². The highest BCUT2D eigenvalue weighted by atomic mass is 35.5. The molecule has 1 aromatic carbocycles. The Morgan fingerprint density at radius 2 is 1.75 bits per heavy atom. The largest absolute Gasteiger partial charge is 0.490 e. The second-order valence-electron chi connectivity index (χ2n) is 5.45. The lowest BCUT2D eigenvalue weighted by molar-refractivity contribution is -0.0130. The molecule has 0 bridgehead atoms. The first-order chi connectivity index (χ1) is 7.39. The maximum Gasteiger partial charge on any atom is 0.120 e. The summed E-state index contributed by atoms with van der Waals surface area (Å²) in [6, 6.07) is 6.33. The van der Waals surface area contributed by atoms with Gasteiger partial charge < -0.3 is 4.74 Å². The molecule has 0 saturated heterocycles. The Morgan fingerprint density at radius 1 is 1.19 bits per heavy atom. The predicted octanol–water partition coefficient (Wildman–Crippen LogP) is 4.09. The fourth-order valence-electron chi connectivity index (χ4n) is 2.20. The van der Waals surface area contributed by atoms with Gasteiger partial charge in [0.1, 0.15) is 11.9 Å². The van der Waals surface area contributed by atoms with E-state index in [1.807, 2.05) is 0 Å². The number of benzene rings is 1. The Hall–Kier alpha value is -0.690. The van der Waals surface area contributed by atoms with Gasteiger partial charge in [-0.1, -0.05) is 19.9 Å². The van der Waals surface area contributed by atoms with Crippen LogP contribution in [0.25, 0.3) is 0 Å². The van der Waals surface area contributed by atoms with Gasteiger partial charge in [-0.3, -0.25) is 0 Å². The lowest BCUT2D eigenvalue weighted by atomic mass is 9.68. The molecule has 1 aromatic rings. The summed E-state index contributed by atoms with van der Waals surface area (Å²) in [6.07, 6.45) is 1.19. The Balaban J connectivity index is 2.11. The molecule has 0 N–H and O–H groups in total. The predicted molar refractivity (Wildman–Crippen MR) is 68.4 cm³/mol. The van der Waals surface area contributed by atoms with Gasteiger partial charge in [0.2, 0.25) is 0 Å². The molecule has 1 aliphatic carbocycles. The number of aryl methyl sites for hydroxylation is 2. The maximum atomic E-state index is 6.18. The second-order valence-corrected chi connectivity index (χ2v) is 5.98. The molecule has 2 heteroatoms. The zero-order chi connectivity index (χ0) is 11.9. The summed E-state index contributed by atoms with van der Waals surface area (Å²) in [5.41, 5.74) is 2.57. The summed E-state index contributed by atoms with van der Waals surface area (Å²) >= 11 is 6.18. The lowest BCUT2D eigenvalue weighted by Crippen LogP contribution is -2.53. The molecule has 0 amide bonds. The SMILES string of the molecule is Cc1cc(C)cc(OC2CC(Cl)C2(C)C)c1. The molecule has 2 atom stereocenters. The van der Waals surface area contributed by atoms with Crippen LogP contribution in [0.3, 0.4) is 0 Å². The quantitative estimate of drug-likeness (QED) is 0.706. The molecule has 0 spiro atoms. The van der Waals surface area contributed by atoms with Crippen LogP contribution in [0.5, 0.6) is 5.75 Å². The van der Waals surface area contributed by atoms with Crippen molar-refractivity contribution in [2.45, 2.75) is 45.6 Å². The molecule has 2 unspecified atom stereocenters. The van der Waals surface area contributed by atoms with Crippen molar-refractivity contribution >= 4 is 11.6 Å². The van der Waals surface area contributed by atoms with Gasteiger partial charge in [-0.15, -0.1) is 11.6 Å². The molecule has 0 aliphatic heterocycles. The van der Waals surface area contributed by atoms with Crippen molar-refractivity contribution in [2.75, 3.05) is 0 Å². The van der Waals surface area contributed by atoms with Crippen LogP contribution in [0.15, 0.2) is 18.2 Å². The maximum absolute atomic E-state index is 6.18. The van der Waals surface area contributed by atoms with Crippen LogP contribution in [0.4, 0.5) is 0 Å². The molecule has 1 fully saturated rings. The van der Waals surface area contributed by atoms with Crippen molar-refractivity contribution in [3.05, 3.63) is 29.3 Å². The van der Waals surface area contributed by atoms with E-state index in [1.165, 1.54) is 11.1 Å². The van der Waals surface area contributed by atoms with Crippen LogP contribution in [0, 0.1) is 19.3 Å². The van der Waals surface area contributed by atoms with Crippen molar-refractivity contribution in [3.8, 4) is 5.75 Å². The lowest BCUT2D eigenvalue weighted by Gasteiger charge is -2.48. The summed E-state index contributed by atoms with van der Waals surface area (Å²) in [5.74, 6) is 0.971. The van der Waals surface area contributed by atoms with E-state index in [2.05, 4.69) is 45.9 Å². The molecule has 0 radical (unpaired) electrons. The molecular weight excluding hydrogens is 220 g/mol. The molecular formula is C14H19ClO. The van der Waals surface area contributed by atoms with Crippen LogP contribution < -0.4 is 4.74 Å². The van der Waals surface area contributed by atoms with Gasteiger partial charge in [0.05, 0.1) is 0 Å². The number of hydrogen-bond donors (Lipinski definition) is 0. The van der Waals surface area contributed by atoms with Crippen molar-refractivity contribution in [1.82, 2.24) is 0 Å². The van der Waals surface area contributed by atoms with Gasteiger partial charge in [0, 0.05) is 17.2 Å². The fraction of sp³-hybridized carbons (Fsp3) is 0.571. The number of halogens is 1. The molecule has 0 heterocycles. The molecule has 0 aromatic heterocycles. The Kier molecular flexibility index (Phi) is 2.91. The first kappa shape index (κ1) is 11.8. The summed E-state index contributed by atoms with van der Waals surface area (Å²) < 4.78 is 6.01. The second kappa shape index (κ2) is 3.96. The van der Waals surface area contributed by atoms with E-state index in [1.54, 1.807) is 0 Å². The van der Waals surface area contributed by atoms with E-state index in [4.69, 9.17) is 16.3 Å². The van der Waals surface area contributed by atoms with Crippen LogP contribution in [-0.4, -0.2) is 11.5 Å². The van der Waals surface area contributed by atoms with Gasteiger partial charge in [-0.25, -0.2) is 0 Å². The van der Waals surface area contributed by atoms with Crippen molar-refractivity contribution in [2.24, 2.45) is 5.41 Å². The van der Waals surface area contributed by atoms with Gasteiger partial charge in [-0.05, 0) is 37.1 Å². The zero-order valence-corrected chi connectivity index (χ0v) is 11.1. The summed E-state index contributed by atoms with van der Waals surface area (Å²) in [6.45, 7) is 8.52. The smallest absolute Gasteiger partial charge is 0.120 e. The zero-order valence-electron chi connectivity index (χ0n) is 10.4. The average Bonchev–Trinajstić information content (AvgIpc) is 2.15. The van der Waals surface area contributed by atoms with Gasteiger partial charge >= 0.3 is 0 Å². The highest BCUT2D eigenvalue weighted by Crippen LogP contribution is 2.46. The number of rotatable bonds is 2. The van der Waals surface area contributed by atoms with E-state index in [9.17, 15) is 0 Å². The minimum absolute atomic E-state index is 0.0825. The van der Waals surface area contributed by atoms with Crippen LogP contribution in [-0.2, 0) is 0 Å². The summed E-state index contributed by atoms with van der Waals surface area (Å²) in [5, 5.41) is 0.239. The van der Waals surface area contributed by atoms with Crippen molar-refractivity contribution in [1.29, 1.82) is 0 Å². The topological polar surface area (TPSA) is 9.23 Å². The third-order valence-electron chi connectivity index (χ3n) is 3.53. The van der Waals surface area contributed by atoms with Crippen molar-refractivity contribution in [3.63, 3.8) is 0 Å².